The van der Waals surface area contributed by atoms with Gasteiger partial charge in [0.15, 0.2) is 0 Å². The van der Waals surface area contributed by atoms with Crippen LogP contribution in [0, 0.1) is 6.92 Å². The predicted octanol–water partition coefficient (Wildman–Crippen LogP) is 4.33. The van der Waals surface area contributed by atoms with E-state index in [4.69, 9.17) is 0 Å². The van der Waals surface area contributed by atoms with Gasteiger partial charge < -0.3 is 10.6 Å². The third-order valence-electron chi connectivity index (χ3n) is 2.98. The standard InChI is InChI=1S/C16H17BrN2O/c1-11-9-14(7-8-16(11)19-12(2)20)18-10-13-5-3-4-6-15(13)17/h3-9,18H,10H2,1-2H3,(H,19,20). The molecule has 0 radical (unpaired) electrons. The molecule has 0 aliphatic carbocycles. The van der Waals surface area contributed by atoms with Gasteiger partial charge in [-0.15, -0.1) is 0 Å². The molecule has 2 aromatic carbocycles. The van der Waals surface area contributed by atoms with Gasteiger partial charge in [-0.25, -0.2) is 0 Å². The molecule has 1 amide bonds. The Morgan fingerprint density at radius 1 is 1.20 bits per heavy atom. The minimum atomic E-state index is -0.0537. The van der Waals surface area contributed by atoms with Gasteiger partial charge >= 0.3 is 0 Å². The SMILES string of the molecule is CC(=O)Nc1ccc(NCc2ccccc2Br)cc1C. The molecular formula is C16H17BrN2O. The summed E-state index contributed by atoms with van der Waals surface area (Å²) in [6.07, 6.45) is 0. The summed E-state index contributed by atoms with van der Waals surface area (Å²) >= 11 is 3.54. The second kappa shape index (κ2) is 6.57. The normalized spacial score (nSPS) is 10.2. The summed E-state index contributed by atoms with van der Waals surface area (Å²) in [5.41, 5.74) is 4.13. The maximum atomic E-state index is 11.1. The lowest BCUT2D eigenvalue weighted by atomic mass is 10.1. The fourth-order valence-electron chi connectivity index (χ4n) is 1.94. The molecule has 0 aromatic heterocycles. The van der Waals surface area contributed by atoms with Crippen molar-refractivity contribution in [1.29, 1.82) is 0 Å². The predicted molar refractivity (Wildman–Crippen MR) is 87.0 cm³/mol. The van der Waals surface area contributed by atoms with Crippen LogP contribution in [0.5, 0.6) is 0 Å². The molecule has 4 heteroatoms. The Labute approximate surface area is 127 Å². The average Bonchev–Trinajstić information content (AvgIpc) is 2.40. The summed E-state index contributed by atoms with van der Waals surface area (Å²) in [4.78, 5) is 11.1. The Hall–Kier alpha value is -1.81. The highest BCUT2D eigenvalue weighted by atomic mass is 79.9. The van der Waals surface area contributed by atoms with Gasteiger partial charge in [0, 0.05) is 29.3 Å². The summed E-state index contributed by atoms with van der Waals surface area (Å²) < 4.78 is 1.10. The van der Waals surface area contributed by atoms with Crippen LogP contribution in [0.3, 0.4) is 0 Å². The van der Waals surface area contributed by atoms with Crippen molar-refractivity contribution in [1.82, 2.24) is 0 Å². The summed E-state index contributed by atoms with van der Waals surface area (Å²) in [5, 5.41) is 6.19. The molecule has 20 heavy (non-hydrogen) atoms. The molecule has 2 rings (SSSR count). The molecule has 0 saturated carbocycles. The topological polar surface area (TPSA) is 41.1 Å². The van der Waals surface area contributed by atoms with Crippen molar-refractivity contribution >= 4 is 33.2 Å². The molecule has 0 saturated heterocycles. The third kappa shape index (κ3) is 3.84. The molecular weight excluding hydrogens is 316 g/mol. The molecule has 0 aliphatic rings. The number of nitrogens with one attached hydrogen (secondary N) is 2. The zero-order valence-electron chi connectivity index (χ0n) is 11.5. The number of benzene rings is 2. The van der Waals surface area contributed by atoms with Crippen molar-refractivity contribution in [3.05, 3.63) is 58.1 Å². The number of halogens is 1. The molecule has 0 bridgehead atoms. The second-order valence-corrected chi connectivity index (χ2v) is 5.51. The zero-order chi connectivity index (χ0) is 14.5. The van der Waals surface area contributed by atoms with E-state index in [0.717, 1.165) is 28.0 Å². The Morgan fingerprint density at radius 2 is 1.95 bits per heavy atom. The van der Waals surface area contributed by atoms with Crippen molar-refractivity contribution < 1.29 is 4.79 Å². The molecule has 3 nitrogen and oxygen atoms in total. The van der Waals surface area contributed by atoms with Crippen LogP contribution in [0.1, 0.15) is 18.1 Å². The molecule has 0 heterocycles. The first-order valence-electron chi connectivity index (χ1n) is 6.42. The van der Waals surface area contributed by atoms with Gasteiger partial charge in [0.1, 0.15) is 0 Å². The second-order valence-electron chi connectivity index (χ2n) is 4.66. The lowest BCUT2D eigenvalue weighted by Gasteiger charge is -2.11. The van der Waals surface area contributed by atoms with E-state index in [9.17, 15) is 4.79 Å². The van der Waals surface area contributed by atoms with Crippen LogP contribution in [-0.4, -0.2) is 5.91 Å². The van der Waals surface area contributed by atoms with E-state index in [1.54, 1.807) is 0 Å². The highest BCUT2D eigenvalue weighted by Gasteiger charge is 2.03. The van der Waals surface area contributed by atoms with Crippen molar-refractivity contribution in [2.24, 2.45) is 0 Å². The first kappa shape index (κ1) is 14.6. The number of carbonyl (C=O) groups excluding carboxylic acids is 1. The fourth-order valence-corrected chi connectivity index (χ4v) is 2.37. The number of anilines is 2. The van der Waals surface area contributed by atoms with Crippen molar-refractivity contribution in [3.63, 3.8) is 0 Å². The average molecular weight is 333 g/mol. The van der Waals surface area contributed by atoms with Crippen LogP contribution < -0.4 is 10.6 Å². The lowest BCUT2D eigenvalue weighted by Crippen LogP contribution is -2.07. The molecule has 0 unspecified atom stereocenters. The monoisotopic (exact) mass is 332 g/mol. The largest absolute Gasteiger partial charge is 0.381 e. The maximum absolute atomic E-state index is 11.1. The van der Waals surface area contributed by atoms with E-state index in [1.807, 2.05) is 43.3 Å². The van der Waals surface area contributed by atoms with Crippen LogP contribution in [0.25, 0.3) is 0 Å². The van der Waals surface area contributed by atoms with E-state index in [1.165, 1.54) is 12.5 Å². The Kier molecular flexibility index (Phi) is 4.79. The van der Waals surface area contributed by atoms with Crippen LogP contribution in [0.15, 0.2) is 46.9 Å². The van der Waals surface area contributed by atoms with Crippen LogP contribution in [0.4, 0.5) is 11.4 Å². The number of hydrogen-bond donors (Lipinski definition) is 2. The smallest absolute Gasteiger partial charge is 0.221 e. The molecule has 0 spiro atoms. The number of rotatable bonds is 4. The Bertz CT molecular complexity index is 626. The highest BCUT2D eigenvalue weighted by Crippen LogP contribution is 2.21. The fraction of sp³-hybridized carbons (Fsp3) is 0.188. The minimum absolute atomic E-state index is 0.0537. The maximum Gasteiger partial charge on any atom is 0.221 e. The van der Waals surface area contributed by atoms with Crippen LogP contribution in [0.2, 0.25) is 0 Å². The molecule has 2 aromatic rings. The van der Waals surface area contributed by atoms with Crippen LogP contribution >= 0.6 is 15.9 Å². The molecule has 0 aliphatic heterocycles. The van der Waals surface area contributed by atoms with Gasteiger partial charge in [-0.2, -0.15) is 0 Å². The van der Waals surface area contributed by atoms with E-state index in [0.29, 0.717) is 0 Å². The number of amides is 1. The quantitative estimate of drug-likeness (QED) is 0.874. The molecule has 2 N–H and O–H groups in total. The summed E-state index contributed by atoms with van der Waals surface area (Å²) in [5.74, 6) is -0.0537. The lowest BCUT2D eigenvalue weighted by molar-refractivity contribution is -0.114. The first-order chi connectivity index (χ1) is 9.56. The zero-order valence-corrected chi connectivity index (χ0v) is 13.1. The first-order valence-corrected chi connectivity index (χ1v) is 7.21. The van der Waals surface area contributed by atoms with Crippen molar-refractivity contribution in [2.75, 3.05) is 10.6 Å². The number of carbonyl (C=O) groups is 1. The third-order valence-corrected chi connectivity index (χ3v) is 3.75. The van der Waals surface area contributed by atoms with Gasteiger partial charge in [0.2, 0.25) is 5.91 Å². The molecule has 0 atom stereocenters. The summed E-state index contributed by atoms with van der Waals surface area (Å²) in [7, 11) is 0. The van der Waals surface area contributed by atoms with E-state index >= 15 is 0 Å². The Balaban J connectivity index is 2.06. The van der Waals surface area contributed by atoms with Gasteiger partial charge in [0.25, 0.3) is 0 Å². The number of aryl methyl sites for hydroxylation is 1. The highest BCUT2D eigenvalue weighted by molar-refractivity contribution is 9.10. The molecule has 0 fully saturated rings. The van der Waals surface area contributed by atoms with Gasteiger partial charge in [-0.3, -0.25) is 4.79 Å². The van der Waals surface area contributed by atoms with Gasteiger partial charge in [0.05, 0.1) is 0 Å². The molecule has 104 valence electrons. The minimum Gasteiger partial charge on any atom is -0.381 e. The van der Waals surface area contributed by atoms with Gasteiger partial charge in [-0.05, 0) is 42.3 Å². The number of hydrogen-bond acceptors (Lipinski definition) is 2. The van der Waals surface area contributed by atoms with Crippen LogP contribution in [-0.2, 0) is 11.3 Å². The Morgan fingerprint density at radius 3 is 2.60 bits per heavy atom. The summed E-state index contributed by atoms with van der Waals surface area (Å²) in [6.45, 7) is 4.24. The van der Waals surface area contributed by atoms with Crippen molar-refractivity contribution in [3.8, 4) is 0 Å². The van der Waals surface area contributed by atoms with E-state index in [-0.39, 0.29) is 5.91 Å². The van der Waals surface area contributed by atoms with Crippen molar-refractivity contribution in [2.45, 2.75) is 20.4 Å². The summed E-state index contributed by atoms with van der Waals surface area (Å²) in [6, 6.07) is 14.0. The van der Waals surface area contributed by atoms with E-state index < -0.39 is 0 Å². The van der Waals surface area contributed by atoms with Gasteiger partial charge in [-0.1, -0.05) is 34.1 Å². The van der Waals surface area contributed by atoms with E-state index in [2.05, 4.69) is 32.6 Å².